The van der Waals surface area contributed by atoms with Gasteiger partial charge in [0.05, 0.1) is 18.2 Å². The molecule has 0 heterocycles. The first-order valence-corrected chi connectivity index (χ1v) is 6.60. The van der Waals surface area contributed by atoms with Crippen molar-refractivity contribution in [1.29, 1.82) is 5.26 Å². The minimum Gasteiger partial charge on any atom is -0.380 e. The molecule has 1 rings (SSSR count). The van der Waals surface area contributed by atoms with Gasteiger partial charge >= 0.3 is 0 Å². The molecule has 1 N–H and O–H groups in total. The van der Waals surface area contributed by atoms with Crippen LogP contribution in [-0.2, 0) is 11.3 Å². The maximum absolute atomic E-state index is 13.2. The molecule has 0 aliphatic carbocycles. The molecule has 0 unspecified atom stereocenters. The van der Waals surface area contributed by atoms with Gasteiger partial charge < -0.3 is 10.1 Å². The molecule has 0 aliphatic rings. The van der Waals surface area contributed by atoms with E-state index in [1.54, 1.807) is 6.07 Å². The van der Waals surface area contributed by atoms with Crippen molar-refractivity contribution in [1.82, 2.24) is 5.32 Å². The summed E-state index contributed by atoms with van der Waals surface area (Å²) in [6.07, 6.45) is 1.06. The maximum atomic E-state index is 13.2. The fourth-order valence-electron chi connectivity index (χ4n) is 1.62. The largest absolute Gasteiger partial charge is 0.380 e. The van der Waals surface area contributed by atoms with Crippen LogP contribution in [0.15, 0.2) is 18.2 Å². The summed E-state index contributed by atoms with van der Waals surface area (Å²) < 4.78 is 18.6. The van der Waals surface area contributed by atoms with Crippen LogP contribution in [0.1, 0.15) is 31.4 Å². The Hall–Kier alpha value is -1.44. The van der Waals surface area contributed by atoms with Crippen molar-refractivity contribution < 1.29 is 9.13 Å². The van der Waals surface area contributed by atoms with Gasteiger partial charge in [-0.1, -0.05) is 13.8 Å². The molecule has 0 spiro atoms. The molecule has 3 nitrogen and oxygen atoms in total. The van der Waals surface area contributed by atoms with E-state index in [1.165, 1.54) is 12.1 Å². The van der Waals surface area contributed by atoms with Crippen molar-refractivity contribution >= 4 is 0 Å². The van der Waals surface area contributed by atoms with E-state index >= 15 is 0 Å². The highest BCUT2D eigenvalue weighted by Crippen LogP contribution is 2.08. The quantitative estimate of drug-likeness (QED) is 0.734. The second-order valence-corrected chi connectivity index (χ2v) is 4.93. The fourth-order valence-corrected chi connectivity index (χ4v) is 1.62. The van der Waals surface area contributed by atoms with Gasteiger partial charge in [0.2, 0.25) is 0 Å². The third-order valence-electron chi connectivity index (χ3n) is 2.68. The SMILES string of the molecule is CC(C)CCOCCNCc1cc(F)cc(C#N)c1. The predicted octanol–water partition coefficient (Wildman–Crippen LogP) is 2.85. The number of ether oxygens (including phenoxy) is 1. The molecule has 0 atom stereocenters. The Labute approximate surface area is 114 Å². The molecule has 0 aliphatic heterocycles. The molecule has 0 saturated carbocycles. The lowest BCUT2D eigenvalue weighted by atomic mass is 10.1. The highest BCUT2D eigenvalue weighted by molar-refractivity contribution is 5.33. The third-order valence-corrected chi connectivity index (χ3v) is 2.68. The van der Waals surface area contributed by atoms with Gasteiger partial charge in [0.15, 0.2) is 0 Å². The Bertz CT molecular complexity index is 427. The van der Waals surface area contributed by atoms with Crippen LogP contribution >= 0.6 is 0 Å². The van der Waals surface area contributed by atoms with E-state index in [9.17, 15) is 4.39 Å². The van der Waals surface area contributed by atoms with Crippen LogP contribution in [0, 0.1) is 23.1 Å². The summed E-state index contributed by atoms with van der Waals surface area (Å²) in [5.41, 5.74) is 1.13. The molecule has 0 radical (unpaired) electrons. The molecule has 0 amide bonds. The normalized spacial score (nSPS) is 10.7. The summed E-state index contributed by atoms with van der Waals surface area (Å²) in [5.74, 6) is 0.286. The summed E-state index contributed by atoms with van der Waals surface area (Å²) in [5, 5.41) is 11.9. The molecule has 19 heavy (non-hydrogen) atoms. The number of halogens is 1. The average molecular weight is 264 g/mol. The van der Waals surface area contributed by atoms with Crippen LogP contribution in [0.5, 0.6) is 0 Å². The smallest absolute Gasteiger partial charge is 0.124 e. The van der Waals surface area contributed by atoms with Gasteiger partial charge in [0.25, 0.3) is 0 Å². The van der Waals surface area contributed by atoms with Crippen LogP contribution in [0.25, 0.3) is 0 Å². The lowest BCUT2D eigenvalue weighted by Crippen LogP contribution is -2.19. The number of hydrogen-bond donors (Lipinski definition) is 1. The lowest BCUT2D eigenvalue weighted by Gasteiger charge is -2.08. The molecule has 4 heteroatoms. The molecule has 104 valence electrons. The Morgan fingerprint density at radius 3 is 2.79 bits per heavy atom. The molecule has 1 aromatic rings. The second-order valence-electron chi connectivity index (χ2n) is 4.93. The molecule has 0 saturated heterocycles. The summed E-state index contributed by atoms with van der Waals surface area (Å²) in [7, 11) is 0. The number of rotatable bonds is 8. The highest BCUT2D eigenvalue weighted by atomic mass is 19.1. The van der Waals surface area contributed by atoms with E-state index in [0.29, 0.717) is 24.6 Å². The van der Waals surface area contributed by atoms with Crippen molar-refractivity contribution in [3.05, 3.63) is 35.1 Å². The van der Waals surface area contributed by atoms with Gasteiger partial charge in [-0.2, -0.15) is 5.26 Å². The second kappa shape index (κ2) is 8.63. The Balaban J connectivity index is 2.19. The average Bonchev–Trinajstić information content (AvgIpc) is 2.36. The minimum atomic E-state index is -0.371. The van der Waals surface area contributed by atoms with Crippen molar-refractivity contribution in [2.75, 3.05) is 19.8 Å². The summed E-state index contributed by atoms with van der Waals surface area (Å²) in [4.78, 5) is 0. The van der Waals surface area contributed by atoms with E-state index in [-0.39, 0.29) is 5.82 Å². The number of hydrogen-bond acceptors (Lipinski definition) is 3. The highest BCUT2D eigenvalue weighted by Gasteiger charge is 2.00. The van der Waals surface area contributed by atoms with E-state index in [1.807, 2.05) is 6.07 Å². The Morgan fingerprint density at radius 2 is 2.11 bits per heavy atom. The zero-order valence-corrected chi connectivity index (χ0v) is 11.6. The number of nitriles is 1. The molecular formula is C15H21FN2O. The van der Waals surface area contributed by atoms with Crippen molar-refractivity contribution in [3.8, 4) is 6.07 Å². The van der Waals surface area contributed by atoms with Crippen LogP contribution in [0.4, 0.5) is 4.39 Å². The molecule has 0 fully saturated rings. The van der Waals surface area contributed by atoms with Gasteiger partial charge in [0.1, 0.15) is 5.82 Å². The molecule has 0 bridgehead atoms. The van der Waals surface area contributed by atoms with Crippen LogP contribution in [-0.4, -0.2) is 19.8 Å². The monoisotopic (exact) mass is 264 g/mol. The molecule has 1 aromatic carbocycles. The topological polar surface area (TPSA) is 45.0 Å². The molecular weight excluding hydrogens is 243 g/mol. The van der Waals surface area contributed by atoms with Gasteiger partial charge in [0, 0.05) is 19.7 Å². The summed E-state index contributed by atoms with van der Waals surface area (Å²) in [6, 6.07) is 6.31. The first-order valence-electron chi connectivity index (χ1n) is 6.60. The zero-order chi connectivity index (χ0) is 14.1. The number of benzene rings is 1. The molecule has 0 aromatic heterocycles. The van der Waals surface area contributed by atoms with Crippen LogP contribution in [0.3, 0.4) is 0 Å². The van der Waals surface area contributed by atoms with E-state index in [0.717, 1.165) is 25.1 Å². The summed E-state index contributed by atoms with van der Waals surface area (Å²) >= 11 is 0. The van der Waals surface area contributed by atoms with Crippen molar-refractivity contribution in [2.24, 2.45) is 5.92 Å². The third kappa shape index (κ3) is 6.90. The van der Waals surface area contributed by atoms with Crippen molar-refractivity contribution in [2.45, 2.75) is 26.8 Å². The predicted molar refractivity (Wildman–Crippen MR) is 73.1 cm³/mol. The van der Waals surface area contributed by atoms with E-state index < -0.39 is 0 Å². The van der Waals surface area contributed by atoms with Gasteiger partial charge in [-0.3, -0.25) is 0 Å². The number of nitrogens with one attached hydrogen (secondary N) is 1. The first-order chi connectivity index (χ1) is 9.11. The number of nitrogens with zero attached hydrogens (tertiary/aromatic N) is 1. The lowest BCUT2D eigenvalue weighted by molar-refractivity contribution is 0.125. The minimum absolute atomic E-state index is 0.352. The fraction of sp³-hybridized carbons (Fsp3) is 0.533. The standard InChI is InChI=1S/C15H21FN2O/c1-12(2)3-5-19-6-4-18-11-14-7-13(10-17)8-15(16)9-14/h7-9,12,18H,3-6,11H2,1-2H3. The summed E-state index contributed by atoms with van der Waals surface area (Å²) in [6.45, 7) is 7.01. The van der Waals surface area contributed by atoms with Gasteiger partial charge in [-0.05, 0) is 36.1 Å². The van der Waals surface area contributed by atoms with E-state index in [4.69, 9.17) is 10.00 Å². The Kier molecular flexibility index (Phi) is 7.09. The van der Waals surface area contributed by atoms with Gasteiger partial charge in [-0.15, -0.1) is 0 Å². The first kappa shape index (κ1) is 15.6. The van der Waals surface area contributed by atoms with Gasteiger partial charge in [-0.25, -0.2) is 4.39 Å². The van der Waals surface area contributed by atoms with Crippen molar-refractivity contribution in [3.63, 3.8) is 0 Å². The van der Waals surface area contributed by atoms with Crippen LogP contribution < -0.4 is 5.32 Å². The van der Waals surface area contributed by atoms with Crippen LogP contribution in [0.2, 0.25) is 0 Å². The zero-order valence-electron chi connectivity index (χ0n) is 11.6. The Morgan fingerprint density at radius 1 is 1.32 bits per heavy atom. The maximum Gasteiger partial charge on any atom is 0.124 e. The van der Waals surface area contributed by atoms with E-state index in [2.05, 4.69) is 19.2 Å².